The summed E-state index contributed by atoms with van der Waals surface area (Å²) < 4.78 is 5.56. The lowest BCUT2D eigenvalue weighted by atomic mass is 10.0. The lowest BCUT2D eigenvalue weighted by molar-refractivity contribution is -0.132. The number of likely N-dealkylation sites (tertiary alicyclic amines) is 1. The van der Waals surface area contributed by atoms with E-state index in [0.29, 0.717) is 6.42 Å². The summed E-state index contributed by atoms with van der Waals surface area (Å²) in [5.74, 6) is 0.841. The average Bonchev–Trinajstić information content (AvgIpc) is 2.62. The van der Waals surface area contributed by atoms with Crippen LogP contribution in [0.5, 0.6) is 5.75 Å². The lowest BCUT2D eigenvalue weighted by Crippen LogP contribution is -2.47. The molecule has 0 aromatic heterocycles. The lowest BCUT2D eigenvalue weighted by Gasteiger charge is -2.32. The second-order valence-electron chi connectivity index (χ2n) is 6.66. The van der Waals surface area contributed by atoms with Gasteiger partial charge in [-0.15, -0.1) is 0 Å². The molecule has 1 aromatic rings. The molecule has 0 atom stereocenters. The molecule has 1 saturated heterocycles. The van der Waals surface area contributed by atoms with E-state index in [-0.39, 0.29) is 24.5 Å². The molecule has 0 spiro atoms. The van der Waals surface area contributed by atoms with E-state index in [1.807, 2.05) is 36.1 Å². The van der Waals surface area contributed by atoms with Gasteiger partial charge in [-0.2, -0.15) is 0 Å². The highest BCUT2D eigenvalue weighted by Crippen LogP contribution is 2.14. The molecule has 1 heterocycles. The van der Waals surface area contributed by atoms with Crippen molar-refractivity contribution >= 4 is 11.8 Å². The molecule has 1 N–H and O–H groups in total. The Morgan fingerprint density at radius 3 is 2.40 bits per heavy atom. The Labute approximate surface area is 150 Å². The second-order valence-corrected chi connectivity index (χ2v) is 6.66. The van der Waals surface area contributed by atoms with Crippen LogP contribution in [-0.2, 0) is 16.0 Å². The molecule has 0 saturated carbocycles. The molecule has 0 radical (unpaired) electrons. The van der Waals surface area contributed by atoms with Gasteiger partial charge in [0.2, 0.25) is 5.91 Å². The predicted octanol–water partition coefficient (Wildman–Crippen LogP) is 2.93. The summed E-state index contributed by atoms with van der Waals surface area (Å²) in [7, 11) is 0. The van der Waals surface area contributed by atoms with Crippen molar-refractivity contribution in [3.05, 3.63) is 29.8 Å². The number of aryl methyl sites for hydroxylation is 1. The first-order valence-corrected chi connectivity index (χ1v) is 9.41. The van der Waals surface area contributed by atoms with E-state index in [9.17, 15) is 9.59 Å². The highest BCUT2D eigenvalue weighted by atomic mass is 16.5. The number of amides is 2. The van der Waals surface area contributed by atoms with Gasteiger partial charge in [0.25, 0.3) is 5.91 Å². The van der Waals surface area contributed by atoms with Crippen LogP contribution in [0.1, 0.15) is 51.5 Å². The number of benzene rings is 1. The monoisotopic (exact) mass is 346 g/mol. The molecule has 25 heavy (non-hydrogen) atoms. The van der Waals surface area contributed by atoms with Crippen molar-refractivity contribution in [1.29, 1.82) is 0 Å². The summed E-state index contributed by atoms with van der Waals surface area (Å²) >= 11 is 0. The van der Waals surface area contributed by atoms with Crippen molar-refractivity contribution in [2.24, 2.45) is 0 Å². The van der Waals surface area contributed by atoms with Crippen molar-refractivity contribution in [1.82, 2.24) is 10.2 Å². The van der Waals surface area contributed by atoms with Crippen molar-refractivity contribution in [2.75, 3.05) is 19.7 Å². The Balaban J connectivity index is 1.68. The zero-order chi connectivity index (χ0) is 18.1. The number of rotatable bonds is 8. The second kappa shape index (κ2) is 10.1. The number of hydrogen-bond donors (Lipinski definition) is 1. The Hall–Kier alpha value is -2.04. The van der Waals surface area contributed by atoms with Crippen LogP contribution in [0.25, 0.3) is 0 Å². The summed E-state index contributed by atoms with van der Waals surface area (Å²) in [5, 5.41) is 3.01. The van der Waals surface area contributed by atoms with E-state index in [2.05, 4.69) is 12.2 Å². The number of carbonyl (C=O) groups is 2. The molecule has 1 aliphatic heterocycles. The molecular formula is C20H30N2O3. The standard InChI is InChI=1S/C20H30N2O3/c1-3-5-16-7-9-18(10-8-16)25-15-19(23)21-17-11-13-22(14-12-17)20(24)6-4-2/h7-10,17H,3-6,11-15H2,1-2H3,(H,21,23). The minimum atomic E-state index is -0.101. The highest BCUT2D eigenvalue weighted by molar-refractivity contribution is 5.78. The number of ether oxygens (including phenoxy) is 1. The molecular weight excluding hydrogens is 316 g/mol. The van der Waals surface area contributed by atoms with E-state index in [4.69, 9.17) is 4.74 Å². The molecule has 5 heteroatoms. The summed E-state index contributed by atoms with van der Waals surface area (Å²) in [5.41, 5.74) is 1.28. The fourth-order valence-corrected chi connectivity index (χ4v) is 3.10. The van der Waals surface area contributed by atoms with Crippen LogP contribution in [0, 0.1) is 0 Å². The van der Waals surface area contributed by atoms with Crippen molar-refractivity contribution < 1.29 is 14.3 Å². The summed E-state index contributed by atoms with van der Waals surface area (Å²) in [6.45, 7) is 5.65. The first kappa shape index (κ1) is 19.3. The van der Waals surface area contributed by atoms with Crippen LogP contribution in [0.4, 0.5) is 0 Å². The van der Waals surface area contributed by atoms with E-state index in [0.717, 1.165) is 50.9 Å². The van der Waals surface area contributed by atoms with Gasteiger partial charge in [0.1, 0.15) is 5.75 Å². The number of nitrogens with one attached hydrogen (secondary N) is 1. The first-order chi connectivity index (χ1) is 12.1. The van der Waals surface area contributed by atoms with E-state index >= 15 is 0 Å². The molecule has 2 rings (SSSR count). The third-order valence-electron chi connectivity index (χ3n) is 4.51. The molecule has 1 fully saturated rings. The summed E-state index contributed by atoms with van der Waals surface area (Å²) in [6, 6.07) is 8.04. The molecule has 2 amide bonds. The van der Waals surface area contributed by atoms with Crippen LogP contribution in [0.15, 0.2) is 24.3 Å². The predicted molar refractivity (Wildman–Crippen MR) is 98.6 cm³/mol. The van der Waals surface area contributed by atoms with E-state index < -0.39 is 0 Å². The number of piperidine rings is 1. The van der Waals surface area contributed by atoms with Crippen molar-refractivity contribution in [2.45, 2.75) is 58.4 Å². The molecule has 1 aromatic carbocycles. The molecule has 5 nitrogen and oxygen atoms in total. The van der Waals surface area contributed by atoms with Crippen LogP contribution >= 0.6 is 0 Å². The topological polar surface area (TPSA) is 58.6 Å². The minimum absolute atomic E-state index is 0.0299. The average molecular weight is 346 g/mol. The normalized spacial score (nSPS) is 15.0. The van der Waals surface area contributed by atoms with Crippen molar-refractivity contribution in [3.63, 3.8) is 0 Å². The highest BCUT2D eigenvalue weighted by Gasteiger charge is 2.23. The number of carbonyl (C=O) groups excluding carboxylic acids is 2. The van der Waals surface area contributed by atoms with Gasteiger partial charge in [-0.05, 0) is 43.4 Å². The van der Waals surface area contributed by atoms with Gasteiger partial charge in [-0.3, -0.25) is 9.59 Å². The molecule has 1 aliphatic rings. The van der Waals surface area contributed by atoms with Crippen molar-refractivity contribution in [3.8, 4) is 5.75 Å². The molecule has 0 bridgehead atoms. The Morgan fingerprint density at radius 2 is 1.80 bits per heavy atom. The van der Waals surface area contributed by atoms with E-state index in [1.54, 1.807) is 0 Å². The van der Waals surface area contributed by atoms with Gasteiger partial charge in [0, 0.05) is 25.6 Å². The van der Waals surface area contributed by atoms with Gasteiger partial charge < -0.3 is 15.0 Å². The molecule has 138 valence electrons. The number of nitrogens with zero attached hydrogens (tertiary/aromatic N) is 1. The zero-order valence-corrected chi connectivity index (χ0v) is 15.4. The fraction of sp³-hybridized carbons (Fsp3) is 0.600. The van der Waals surface area contributed by atoms with E-state index in [1.165, 1.54) is 5.56 Å². The largest absolute Gasteiger partial charge is 0.484 e. The van der Waals surface area contributed by atoms with Gasteiger partial charge >= 0.3 is 0 Å². The Bertz CT molecular complexity index is 549. The van der Waals surface area contributed by atoms with Gasteiger partial charge in [-0.25, -0.2) is 0 Å². The fourth-order valence-electron chi connectivity index (χ4n) is 3.10. The number of hydrogen-bond acceptors (Lipinski definition) is 3. The van der Waals surface area contributed by atoms with Crippen LogP contribution in [-0.4, -0.2) is 42.5 Å². The molecule has 0 unspecified atom stereocenters. The minimum Gasteiger partial charge on any atom is -0.484 e. The van der Waals surface area contributed by atoms with Gasteiger partial charge in [0.05, 0.1) is 0 Å². The summed E-state index contributed by atoms with van der Waals surface area (Å²) in [6.07, 6.45) is 5.29. The van der Waals surface area contributed by atoms with Crippen LogP contribution in [0.2, 0.25) is 0 Å². The van der Waals surface area contributed by atoms with Crippen LogP contribution < -0.4 is 10.1 Å². The maximum Gasteiger partial charge on any atom is 0.258 e. The SMILES string of the molecule is CCCC(=O)N1CCC(NC(=O)COc2ccc(CCC)cc2)CC1. The Morgan fingerprint density at radius 1 is 1.12 bits per heavy atom. The maximum atomic E-state index is 12.1. The molecule has 0 aliphatic carbocycles. The van der Waals surface area contributed by atoms with Gasteiger partial charge in [0.15, 0.2) is 6.61 Å². The third kappa shape index (κ3) is 6.40. The zero-order valence-electron chi connectivity index (χ0n) is 15.4. The smallest absolute Gasteiger partial charge is 0.258 e. The quantitative estimate of drug-likeness (QED) is 0.787. The van der Waals surface area contributed by atoms with Gasteiger partial charge in [-0.1, -0.05) is 32.4 Å². The maximum absolute atomic E-state index is 12.1. The third-order valence-corrected chi connectivity index (χ3v) is 4.51. The first-order valence-electron chi connectivity index (χ1n) is 9.41. The Kier molecular flexibility index (Phi) is 7.76. The van der Waals surface area contributed by atoms with Crippen LogP contribution in [0.3, 0.4) is 0 Å². The summed E-state index contributed by atoms with van der Waals surface area (Å²) in [4.78, 5) is 25.8.